The van der Waals surface area contributed by atoms with Gasteiger partial charge in [-0.1, -0.05) is 0 Å². The smallest absolute Gasteiger partial charge is 0.331 e. The number of nitrogens with zero attached hydrogens (tertiary/aromatic N) is 1. The zero-order valence-electron chi connectivity index (χ0n) is 14.8. The highest BCUT2D eigenvalue weighted by atomic mass is 16.4. The number of hydrogen-bond acceptors (Lipinski definition) is 3. The van der Waals surface area contributed by atoms with Gasteiger partial charge in [0.2, 0.25) is 0 Å². The van der Waals surface area contributed by atoms with E-state index in [2.05, 4.69) is 20.8 Å². The number of carbonyl (C=O) groups excluding carboxylic acids is 1. The summed E-state index contributed by atoms with van der Waals surface area (Å²) < 4.78 is 0. The molecule has 1 heterocycles. The van der Waals surface area contributed by atoms with E-state index in [9.17, 15) is 14.7 Å². The van der Waals surface area contributed by atoms with E-state index in [0.29, 0.717) is 17.0 Å². The van der Waals surface area contributed by atoms with E-state index < -0.39 is 12.0 Å². The summed E-state index contributed by atoms with van der Waals surface area (Å²) in [6.45, 7) is 3.51. The van der Waals surface area contributed by atoms with Crippen molar-refractivity contribution in [1.29, 1.82) is 0 Å². The molecule has 4 fully saturated rings. The Hall–Kier alpha value is -2.05. The van der Waals surface area contributed by atoms with E-state index >= 15 is 0 Å². The summed E-state index contributed by atoms with van der Waals surface area (Å²) in [4.78, 5) is 24.4. The molecule has 0 saturated heterocycles. The molecule has 7 heteroatoms. The van der Waals surface area contributed by atoms with Gasteiger partial charge in [-0.15, -0.1) is 0 Å². The SMILES string of the molecule is Cc1n[nH]c(C)c1[C@H](NC(=O)NC12CC3CC(CC(C3)C1)C2)C(=O)O. The van der Waals surface area contributed by atoms with Gasteiger partial charge >= 0.3 is 12.0 Å². The maximum Gasteiger partial charge on any atom is 0.331 e. The topological polar surface area (TPSA) is 107 Å². The quantitative estimate of drug-likeness (QED) is 0.671. The molecule has 4 bridgehead atoms. The first kappa shape index (κ1) is 16.4. The molecule has 1 atom stereocenters. The Balaban J connectivity index is 1.49. The van der Waals surface area contributed by atoms with Gasteiger partial charge in [0.05, 0.1) is 5.69 Å². The van der Waals surface area contributed by atoms with Crippen molar-refractivity contribution in [2.45, 2.75) is 64.0 Å². The molecule has 0 aromatic carbocycles. The van der Waals surface area contributed by atoms with Crippen LogP contribution in [0.5, 0.6) is 0 Å². The highest BCUT2D eigenvalue weighted by molar-refractivity contribution is 5.84. The fourth-order valence-electron chi connectivity index (χ4n) is 5.91. The lowest BCUT2D eigenvalue weighted by Crippen LogP contribution is -2.61. The minimum atomic E-state index is -1.09. The zero-order valence-corrected chi connectivity index (χ0v) is 14.8. The van der Waals surface area contributed by atoms with Gasteiger partial charge in [0, 0.05) is 16.8 Å². The fourth-order valence-corrected chi connectivity index (χ4v) is 5.91. The molecule has 0 spiro atoms. The van der Waals surface area contributed by atoms with Crippen LogP contribution in [0, 0.1) is 31.6 Å². The average molecular weight is 346 g/mol. The number of aromatic amines is 1. The molecular formula is C18H26N4O3. The van der Waals surface area contributed by atoms with Crippen LogP contribution in [0.2, 0.25) is 0 Å². The molecule has 0 radical (unpaired) electrons. The Bertz CT molecular complexity index is 656. The molecule has 5 rings (SSSR count). The van der Waals surface area contributed by atoms with E-state index in [-0.39, 0.29) is 11.6 Å². The summed E-state index contributed by atoms with van der Waals surface area (Å²) in [6.07, 6.45) is 7.00. The number of H-pyrrole nitrogens is 1. The van der Waals surface area contributed by atoms with Crippen LogP contribution in [0.4, 0.5) is 4.79 Å². The van der Waals surface area contributed by atoms with E-state index in [4.69, 9.17) is 0 Å². The van der Waals surface area contributed by atoms with Gasteiger partial charge in [0.1, 0.15) is 0 Å². The number of rotatable bonds is 4. The molecule has 25 heavy (non-hydrogen) atoms. The number of aliphatic carboxylic acids is 1. The number of carboxylic acids is 1. The highest BCUT2D eigenvalue weighted by Crippen LogP contribution is 2.55. The zero-order chi connectivity index (χ0) is 17.8. The molecular weight excluding hydrogens is 320 g/mol. The average Bonchev–Trinajstić information content (AvgIpc) is 2.82. The lowest BCUT2D eigenvalue weighted by Gasteiger charge is -2.56. The standard InChI is InChI=1S/C18H26N4O3/c1-9-14(10(2)22-21-9)15(16(23)24)19-17(25)20-18-6-11-3-12(7-18)5-13(4-11)8-18/h11-13,15H,3-8H2,1-2H3,(H,21,22)(H,23,24)(H2,19,20,25)/t11?,12?,13?,15-,18?/m0/s1. The Kier molecular flexibility index (Phi) is 3.77. The van der Waals surface area contributed by atoms with Gasteiger partial charge in [-0.2, -0.15) is 5.10 Å². The predicted molar refractivity (Wildman–Crippen MR) is 91.0 cm³/mol. The second kappa shape index (κ2) is 5.75. The van der Waals surface area contributed by atoms with Gasteiger partial charge < -0.3 is 15.7 Å². The molecule has 4 N–H and O–H groups in total. The van der Waals surface area contributed by atoms with Crippen molar-refractivity contribution in [3.8, 4) is 0 Å². The van der Waals surface area contributed by atoms with Crippen molar-refractivity contribution in [3.63, 3.8) is 0 Å². The van der Waals surface area contributed by atoms with Crippen LogP contribution in [0.3, 0.4) is 0 Å². The van der Waals surface area contributed by atoms with Gasteiger partial charge in [0.15, 0.2) is 6.04 Å². The van der Waals surface area contributed by atoms with E-state index in [0.717, 1.165) is 37.0 Å². The molecule has 1 aromatic heterocycles. The van der Waals surface area contributed by atoms with Crippen LogP contribution in [0.25, 0.3) is 0 Å². The summed E-state index contributed by atoms with van der Waals surface area (Å²) in [5.74, 6) is 1.09. The van der Waals surface area contributed by atoms with Gasteiger partial charge in [-0.3, -0.25) is 5.10 Å². The Morgan fingerprint density at radius 3 is 2.16 bits per heavy atom. The van der Waals surface area contributed by atoms with Crippen molar-refractivity contribution in [1.82, 2.24) is 20.8 Å². The van der Waals surface area contributed by atoms with E-state index in [1.807, 2.05) is 0 Å². The normalized spacial score (nSPS) is 33.9. The highest BCUT2D eigenvalue weighted by Gasteiger charge is 2.51. The number of carboxylic acid groups (broad SMARTS) is 1. The molecule has 7 nitrogen and oxygen atoms in total. The van der Waals surface area contributed by atoms with Crippen molar-refractivity contribution in [2.24, 2.45) is 17.8 Å². The maximum atomic E-state index is 12.6. The summed E-state index contributed by atoms with van der Waals surface area (Å²) in [5.41, 5.74) is 1.66. The lowest BCUT2D eigenvalue weighted by molar-refractivity contribution is -0.139. The van der Waals surface area contributed by atoms with Crippen LogP contribution in [0.1, 0.15) is 61.5 Å². The third-order valence-corrected chi connectivity index (χ3v) is 6.41. The van der Waals surface area contributed by atoms with Crippen LogP contribution in [0.15, 0.2) is 0 Å². The number of carbonyl (C=O) groups is 2. The number of hydrogen-bond donors (Lipinski definition) is 4. The van der Waals surface area contributed by atoms with Crippen molar-refractivity contribution < 1.29 is 14.7 Å². The summed E-state index contributed by atoms with van der Waals surface area (Å²) in [7, 11) is 0. The molecule has 0 unspecified atom stereocenters. The second-order valence-electron chi connectivity index (χ2n) is 8.42. The van der Waals surface area contributed by atoms with Crippen molar-refractivity contribution in [2.75, 3.05) is 0 Å². The molecule has 4 saturated carbocycles. The van der Waals surface area contributed by atoms with Crippen LogP contribution in [-0.2, 0) is 4.79 Å². The van der Waals surface area contributed by atoms with Crippen LogP contribution >= 0.6 is 0 Å². The molecule has 1 aromatic rings. The third-order valence-electron chi connectivity index (χ3n) is 6.41. The predicted octanol–water partition coefficient (Wildman–Crippen LogP) is 2.42. The first-order chi connectivity index (χ1) is 11.8. The monoisotopic (exact) mass is 346 g/mol. The van der Waals surface area contributed by atoms with Gasteiger partial charge in [-0.25, -0.2) is 9.59 Å². The van der Waals surface area contributed by atoms with E-state index in [1.54, 1.807) is 13.8 Å². The molecule has 0 aliphatic heterocycles. The number of urea groups is 1. The first-order valence-corrected chi connectivity index (χ1v) is 9.18. The lowest BCUT2D eigenvalue weighted by atomic mass is 9.53. The first-order valence-electron chi connectivity index (χ1n) is 9.18. The van der Waals surface area contributed by atoms with Crippen molar-refractivity contribution in [3.05, 3.63) is 17.0 Å². The summed E-state index contributed by atoms with van der Waals surface area (Å²) in [6, 6.07) is -1.47. The van der Waals surface area contributed by atoms with Crippen LogP contribution < -0.4 is 10.6 Å². The molecule has 136 valence electrons. The third kappa shape index (κ3) is 2.89. The second-order valence-corrected chi connectivity index (χ2v) is 8.42. The van der Waals surface area contributed by atoms with Gasteiger partial charge in [0.25, 0.3) is 0 Å². The Morgan fingerprint density at radius 1 is 1.16 bits per heavy atom. The summed E-state index contributed by atoms with van der Waals surface area (Å²) >= 11 is 0. The minimum absolute atomic E-state index is 0.137. The molecule has 4 aliphatic carbocycles. The molecule has 2 amide bonds. The largest absolute Gasteiger partial charge is 0.479 e. The number of nitrogens with one attached hydrogen (secondary N) is 3. The van der Waals surface area contributed by atoms with Crippen LogP contribution in [-0.4, -0.2) is 32.8 Å². The van der Waals surface area contributed by atoms with E-state index in [1.165, 1.54) is 19.3 Å². The molecule has 4 aliphatic rings. The fraction of sp³-hybridized carbons (Fsp3) is 0.722. The number of aryl methyl sites for hydroxylation is 2. The van der Waals surface area contributed by atoms with Gasteiger partial charge in [-0.05, 0) is 70.1 Å². The van der Waals surface area contributed by atoms with Crippen molar-refractivity contribution >= 4 is 12.0 Å². The Morgan fingerprint density at radius 2 is 1.72 bits per heavy atom. The number of amides is 2. The Labute approximate surface area is 147 Å². The minimum Gasteiger partial charge on any atom is -0.479 e. The number of aromatic nitrogens is 2. The summed E-state index contributed by atoms with van der Waals surface area (Å²) in [5, 5.41) is 22.3. The maximum absolute atomic E-state index is 12.6.